The molecule has 0 radical (unpaired) electrons. The fraction of sp³-hybridized carbons (Fsp3) is 0.583. The van der Waals surface area contributed by atoms with Crippen LogP contribution in [0.5, 0.6) is 0 Å². The van der Waals surface area contributed by atoms with Gasteiger partial charge < -0.3 is 10.6 Å². The average Bonchev–Trinajstić information content (AvgIpc) is 3.12. The summed E-state index contributed by atoms with van der Waals surface area (Å²) in [6.07, 6.45) is 4.81. The van der Waals surface area contributed by atoms with Crippen LogP contribution in [0, 0.1) is 0 Å². The van der Waals surface area contributed by atoms with Gasteiger partial charge in [0.1, 0.15) is 12.0 Å². The first-order valence-electron chi connectivity index (χ1n) is 6.22. The van der Waals surface area contributed by atoms with E-state index in [-0.39, 0.29) is 18.9 Å². The Labute approximate surface area is 104 Å². The van der Waals surface area contributed by atoms with Gasteiger partial charge in [0.05, 0.1) is 24.1 Å². The number of hydrogen-bond acceptors (Lipinski definition) is 4. The van der Waals surface area contributed by atoms with E-state index in [2.05, 4.69) is 20.6 Å². The van der Waals surface area contributed by atoms with Crippen molar-refractivity contribution in [2.45, 2.75) is 37.4 Å². The van der Waals surface area contributed by atoms with Crippen molar-refractivity contribution in [1.82, 2.24) is 15.3 Å². The molecule has 6 heteroatoms. The van der Waals surface area contributed by atoms with Crippen LogP contribution < -0.4 is 10.6 Å². The third-order valence-corrected chi connectivity index (χ3v) is 3.28. The predicted molar refractivity (Wildman–Crippen MR) is 63.9 cm³/mol. The Kier molecular flexibility index (Phi) is 2.95. The highest BCUT2D eigenvalue weighted by molar-refractivity contribution is 5.94. The molecule has 2 heterocycles. The van der Waals surface area contributed by atoms with Gasteiger partial charge in [-0.1, -0.05) is 0 Å². The molecule has 0 bridgehead atoms. The Morgan fingerprint density at radius 1 is 1.39 bits per heavy atom. The number of carbonyl (C=O) groups is 1. The molecule has 96 valence electrons. The van der Waals surface area contributed by atoms with E-state index in [1.54, 1.807) is 12.4 Å². The second-order valence-electron chi connectivity index (χ2n) is 4.89. The van der Waals surface area contributed by atoms with Crippen LogP contribution in [0.25, 0.3) is 0 Å². The molecule has 1 aromatic rings. The summed E-state index contributed by atoms with van der Waals surface area (Å²) in [7, 11) is 0. The molecule has 0 spiro atoms. The zero-order chi connectivity index (χ0) is 12.5. The lowest BCUT2D eigenvalue weighted by atomic mass is 10.2. The summed E-state index contributed by atoms with van der Waals surface area (Å²) in [5, 5.41) is 5.54. The van der Waals surface area contributed by atoms with Gasteiger partial charge in [0.25, 0.3) is 0 Å². The normalized spacial score (nSPS) is 27.2. The zero-order valence-corrected chi connectivity index (χ0v) is 9.90. The molecule has 2 fully saturated rings. The van der Waals surface area contributed by atoms with E-state index in [0.29, 0.717) is 11.6 Å². The largest absolute Gasteiger partial charge is 0.322 e. The van der Waals surface area contributed by atoms with Crippen molar-refractivity contribution in [2.75, 3.05) is 11.9 Å². The van der Waals surface area contributed by atoms with Crippen molar-refractivity contribution in [3.05, 3.63) is 18.2 Å². The summed E-state index contributed by atoms with van der Waals surface area (Å²) in [6.45, 7) is 0.245. The Hall–Kier alpha value is -1.56. The molecule has 5 nitrogen and oxygen atoms in total. The van der Waals surface area contributed by atoms with Gasteiger partial charge in [0.15, 0.2) is 0 Å². The van der Waals surface area contributed by atoms with E-state index < -0.39 is 12.2 Å². The van der Waals surface area contributed by atoms with Gasteiger partial charge in [0.2, 0.25) is 5.91 Å². The molecule has 1 aliphatic heterocycles. The Morgan fingerprint density at radius 2 is 2.11 bits per heavy atom. The number of rotatable bonds is 3. The molecule has 18 heavy (non-hydrogen) atoms. The lowest BCUT2D eigenvalue weighted by Crippen LogP contribution is -2.35. The summed E-state index contributed by atoms with van der Waals surface area (Å²) in [4.78, 5) is 20.2. The van der Waals surface area contributed by atoms with Crippen molar-refractivity contribution < 1.29 is 9.18 Å². The van der Waals surface area contributed by atoms with Crippen molar-refractivity contribution in [3.8, 4) is 0 Å². The van der Waals surface area contributed by atoms with Crippen LogP contribution in [0.4, 0.5) is 10.1 Å². The van der Waals surface area contributed by atoms with Crippen LogP contribution in [0.1, 0.15) is 31.0 Å². The van der Waals surface area contributed by atoms with Gasteiger partial charge in [-0.3, -0.25) is 4.79 Å². The Bertz CT molecular complexity index is 446. The van der Waals surface area contributed by atoms with Crippen molar-refractivity contribution in [2.24, 2.45) is 0 Å². The van der Waals surface area contributed by atoms with Crippen molar-refractivity contribution in [1.29, 1.82) is 0 Å². The summed E-state index contributed by atoms with van der Waals surface area (Å²) in [5.41, 5.74) is 0.563. The van der Waals surface area contributed by atoms with Crippen LogP contribution in [0.2, 0.25) is 0 Å². The maximum absolute atomic E-state index is 13.0. The Morgan fingerprint density at radius 3 is 2.67 bits per heavy atom. The first kappa shape index (κ1) is 11.5. The third kappa shape index (κ3) is 2.48. The molecule has 1 saturated heterocycles. The average molecular weight is 250 g/mol. The number of halogens is 1. The number of amides is 1. The number of anilines is 1. The first-order valence-corrected chi connectivity index (χ1v) is 6.22. The molecule has 1 aliphatic carbocycles. The number of nitrogens with one attached hydrogen (secondary N) is 2. The molecule has 2 aliphatic rings. The molecule has 1 aromatic heterocycles. The molecule has 1 saturated carbocycles. The quantitative estimate of drug-likeness (QED) is 0.839. The molecular weight excluding hydrogens is 235 g/mol. The van der Waals surface area contributed by atoms with E-state index in [9.17, 15) is 9.18 Å². The molecular formula is C12H15FN4O. The second-order valence-corrected chi connectivity index (χ2v) is 4.89. The summed E-state index contributed by atoms with van der Waals surface area (Å²) in [6, 6.07) is -0.455. The number of hydrogen-bond donors (Lipinski definition) is 2. The molecule has 0 aromatic carbocycles. The van der Waals surface area contributed by atoms with E-state index in [1.807, 2.05) is 0 Å². The number of alkyl halides is 1. The van der Waals surface area contributed by atoms with Gasteiger partial charge in [-0.2, -0.15) is 0 Å². The zero-order valence-electron chi connectivity index (χ0n) is 9.90. The SMILES string of the molecule is O=C(Nc1cnc(C2CC2)nc1)[C@H]1C[C@H](F)CN1. The maximum atomic E-state index is 13.0. The minimum Gasteiger partial charge on any atom is -0.322 e. The van der Waals surface area contributed by atoms with Gasteiger partial charge in [-0.15, -0.1) is 0 Å². The highest BCUT2D eigenvalue weighted by Crippen LogP contribution is 2.37. The first-order chi connectivity index (χ1) is 8.72. The van der Waals surface area contributed by atoms with E-state index in [1.165, 1.54) is 0 Å². The second kappa shape index (κ2) is 4.61. The number of nitrogens with zero attached hydrogens (tertiary/aromatic N) is 2. The standard InChI is InChI=1S/C12H15FN4O/c13-8-3-10(14-4-8)12(18)17-9-5-15-11(16-6-9)7-1-2-7/h5-8,10,14H,1-4H2,(H,17,18)/t8-,10+/m0/s1. The number of carbonyl (C=O) groups excluding carboxylic acids is 1. The molecule has 3 rings (SSSR count). The molecule has 2 N–H and O–H groups in total. The van der Waals surface area contributed by atoms with E-state index in [0.717, 1.165) is 18.7 Å². The van der Waals surface area contributed by atoms with Crippen molar-refractivity contribution >= 4 is 11.6 Å². The van der Waals surface area contributed by atoms with Crippen molar-refractivity contribution in [3.63, 3.8) is 0 Å². The van der Waals surface area contributed by atoms with Gasteiger partial charge in [-0.05, 0) is 12.8 Å². The monoisotopic (exact) mass is 250 g/mol. The van der Waals surface area contributed by atoms with Crippen LogP contribution >= 0.6 is 0 Å². The third-order valence-electron chi connectivity index (χ3n) is 3.28. The molecule has 0 unspecified atom stereocenters. The van der Waals surface area contributed by atoms with Gasteiger partial charge in [-0.25, -0.2) is 14.4 Å². The summed E-state index contributed by atoms with van der Waals surface area (Å²) >= 11 is 0. The predicted octanol–water partition coefficient (Wildman–Crippen LogP) is 0.992. The number of aromatic nitrogens is 2. The van der Waals surface area contributed by atoms with E-state index in [4.69, 9.17) is 0 Å². The maximum Gasteiger partial charge on any atom is 0.241 e. The minimum absolute atomic E-state index is 0.224. The topological polar surface area (TPSA) is 66.9 Å². The van der Waals surface area contributed by atoms with Crippen LogP contribution in [-0.2, 0) is 4.79 Å². The van der Waals surface area contributed by atoms with Gasteiger partial charge in [0, 0.05) is 18.9 Å². The smallest absolute Gasteiger partial charge is 0.241 e. The fourth-order valence-corrected chi connectivity index (χ4v) is 2.08. The fourth-order valence-electron chi connectivity index (χ4n) is 2.08. The van der Waals surface area contributed by atoms with Crippen LogP contribution in [-0.4, -0.2) is 34.6 Å². The summed E-state index contributed by atoms with van der Waals surface area (Å²) < 4.78 is 13.0. The highest BCUT2D eigenvalue weighted by Gasteiger charge is 2.29. The Balaban J connectivity index is 1.59. The van der Waals surface area contributed by atoms with Gasteiger partial charge >= 0.3 is 0 Å². The molecule has 1 amide bonds. The molecule has 2 atom stereocenters. The van der Waals surface area contributed by atoms with E-state index >= 15 is 0 Å². The van der Waals surface area contributed by atoms with Crippen LogP contribution in [0.3, 0.4) is 0 Å². The minimum atomic E-state index is -0.936. The highest BCUT2D eigenvalue weighted by atomic mass is 19.1. The lowest BCUT2D eigenvalue weighted by molar-refractivity contribution is -0.117. The lowest BCUT2D eigenvalue weighted by Gasteiger charge is -2.10. The van der Waals surface area contributed by atoms with Crippen LogP contribution in [0.15, 0.2) is 12.4 Å². The summed E-state index contributed by atoms with van der Waals surface area (Å²) in [5.74, 6) is 1.12.